The highest BCUT2D eigenvalue weighted by Gasteiger charge is 2.70. The summed E-state index contributed by atoms with van der Waals surface area (Å²) in [4.78, 5) is 1.87. The molecule has 5 rings (SSSR count). The number of fused-ring (bicyclic) bond motifs is 3. The van der Waals surface area contributed by atoms with Crippen molar-refractivity contribution >= 4 is 10.4 Å². The van der Waals surface area contributed by atoms with E-state index in [1.807, 2.05) is 66.4 Å². The largest absolute Gasteiger partial charge is 0.489 e. The van der Waals surface area contributed by atoms with Gasteiger partial charge in [0.05, 0.1) is 17.6 Å². The fourth-order valence-electron chi connectivity index (χ4n) is 5.83. The topological polar surface area (TPSA) is 106 Å². The molecule has 0 aromatic heterocycles. The smallest absolute Gasteiger partial charge is 0.407 e. The first kappa shape index (κ1) is 22.8. The highest BCUT2D eigenvalue weighted by molar-refractivity contribution is 7.82. The standard InChI is InChI=1S/C24H29NO7S/c1-2-6-20-24(18-9-11-19(12-10-18)30-16-17-7-4-3-5-8-17)21(26)13-14-25(20)23(15-22(24)27)31-33(28,29)32-23/h3-5,7-12,20-22,26-27H,2,6,13-16H2,1H3. The average molecular weight is 476 g/mol. The van der Waals surface area contributed by atoms with Crippen LogP contribution in [-0.4, -0.2) is 54.2 Å². The summed E-state index contributed by atoms with van der Waals surface area (Å²) in [5.74, 6) is -0.813. The number of hydrogen-bond donors (Lipinski definition) is 2. The Morgan fingerprint density at radius 3 is 2.39 bits per heavy atom. The van der Waals surface area contributed by atoms with Gasteiger partial charge in [-0.2, -0.15) is 16.8 Å². The highest BCUT2D eigenvalue weighted by Crippen LogP contribution is 2.56. The quantitative estimate of drug-likeness (QED) is 0.657. The lowest BCUT2D eigenvalue weighted by Crippen LogP contribution is -2.80. The van der Waals surface area contributed by atoms with E-state index >= 15 is 0 Å². The van der Waals surface area contributed by atoms with Crippen molar-refractivity contribution in [1.82, 2.24) is 4.90 Å². The highest BCUT2D eigenvalue weighted by atomic mass is 32.3. The van der Waals surface area contributed by atoms with Crippen LogP contribution < -0.4 is 4.74 Å². The van der Waals surface area contributed by atoms with E-state index in [9.17, 15) is 18.6 Å². The average Bonchev–Trinajstić information content (AvgIpc) is 2.77. The maximum absolute atomic E-state index is 11.7. The van der Waals surface area contributed by atoms with Crippen LogP contribution in [0.1, 0.15) is 43.7 Å². The minimum absolute atomic E-state index is 0.0736. The van der Waals surface area contributed by atoms with Gasteiger partial charge < -0.3 is 14.9 Å². The first-order valence-electron chi connectivity index (χ1n) is 11.4. The second-order valence-electron chi connectivity index (χ2n) is 9.04. The number of aliphatic hydroxyl groups is 2. The molecule has 1 spiro atoms. The third kappa shape index (κ3) is 3.67. The van der Waals surface area contributed by atoms with E-state index in [0.29, 0.717) is 31.7 Å². The third-order valence-electron chi connectivity index (χ3n) is 7.19. The van der Waals surface area contributed by atoms with Gasteiger partial charge in [-0.25, -0.2) is 4.90 Å². The molecule has 8 nitrogen and oxygen atoms in total. The number of nitrogens with zero attached hydrogens (tertiary/aromatic N) is 1. The van der Waals surface area contributed by atoms with Crippen molar-refractivity contribution in [2.45, 2.75) is 68.8 Å². The number of rotatable bonds is 6. The van der Waals surface area contributed by atoms with Crippen LogP contribution in [0.3, 0.4) is 0 Å². The molecule has 5 unspecified atom stereocenters. The minimum atomic E-state index is -4.05. The molecule has 33 heavy (non-hydrogen) atoms. The zero-order chi connectivity index (χ0) is 23.3. The van der Waals surface area contributed by atoms with Crippen LogP contribution in [0.25, 0.3) is 0 Å². The monoisotopic (exact) mass is 475 g/mol. The van der Waals surface area contributed by atoms with Crippen molar-refractivity contribution in [3.8, 4) is 5.75 Å². The first-order valence-corrected chi connectivity index (χ1v) is 12.7. The summed E-state index contributed by atoms with van der Waals surface area (Å²) in [6.45, 7) is 2.87. The Bertz CT molecular complexity index is 1080. The molecule has 178 valence electrons. The van der Waals surface area contributed by atoms with Crippen LogP contribution in [-0.2, 0) is 30.8 Å². The lowest BCUT2D eigenvalue weighted by atomic mass is 9.58. The van der Waals surface area contributed by atoms with E-state index < -0.39 is 33.9 Å². The Morgan fingerprint density at radius 2 is 1.76 bits per heavy atom. The molecule has 3 aliphatic heterocycles. The molecular weight excluding hydrogens is 446 g/mol. The van der Waals surface area contributed by atoms with Crippen molar-refractivity contribution in [1.29, 1.82) is 0 Å². The minimum Gasteiger partial charge on any atom is -0.489 e. The van der Waals surface area contributed by atoms with Gasteiger partial charge in [0.25, 0.3) is 5.91 Å². The van der Waals surface area contributed by atoms with E-state index in [-0.39, 0.29) is 12.5 Å². The molecular formula is C24H29NO7S. The van der Waals surface area contributed by atoms with Crippen LogP contribution in [0.15, 0.2) is 54.6 Å². The molecule has 0 aliphatic carbocycles. The zero-order valence-electron chi connectivity index (χ0n) is 18.5. The van der Waals surface area contributed by atoms with E-state index in [4.69, 9.17) is 13.1 Å². The summed E-state index contributed by atoms with van der Waals surface area (Å²) in [6, 6.07) is 17.0. The van der Waals surface area contributed by atoms with Crippen LogP contribution >= 0.6 is 0 Å². The molecule has 9 heteroatoms. The lowest BCUT2D eigenvalue weighted by Gasteiger charge is -2.65. The fourth-order valence-corrected chi connectivity index (χ4v) is 6.81. The molecule has 2 N–H and O–H groups in total. The molecule has 3 aliphatic rings. The van der Waals surface area contributed by atoms with E-state index in [1.54, 1.807) is 0 Å². The molecule has 2 aromatic carbocycles. The van der Waals surface area contributed by atoms with Crippen molar-refractivity contribution in [3.63, 3.8) is 0 Å². The SMILES string of the molecule is CCCC1N2CCC(O)C1(c1ccc(OCc3ccccc3)cc1)C(O)CC21OS(=O)(=O)O1. The Balaban J connectivity index is 1.46. The van der Waals surface area contributed by atoms with Crippen molar-refractivity contribution < 1.29 is 31.7 Å². The predicted molar refractivity (Wildman–Crippen MR) is 119 cm³/mol. The van der Waals surface area contributed by atoms with E-state index in [1.165, 1.54) is 0 Å². The third-order valence-corrected chi connectivity index (χ3v) is 8.12. The van der Waals surface area contributed by atoms with Gasteiger partial charge in [0.2, 0.25) is 0 Å². The number of benzene rings is 2. The van der Waals surface area contributed by atoms with Gasteiger partial charge in [0.15, 0.2) is 0 Å². The summed E-state index contributed by atoms with van der Waals surface area (Å²) in [7, 11) is -4.05. The van der Waals surface area contributed by atoms with Crippen LogP contribution in [0.2, 0.25) is 0 Å². The number of ether oxygens (including phenoxy) is 1. The van der Waals surface area contributed by atoms with Crippen molar-refractivity contribution in [2.75, 3.05) is 6.54 Å². The summed E-state index contributed by atoms with van der Waals surface area (Å²) < 4.78 is 39.7. The van der Waals surface area contributed by atoms with Crippen LogP contribution in [0, 0.1) is 0 Å². The molecule has 2 bridgehead atoms. The summed E-state index contributed by atoms with van der Waals surface area (Å²) in [5, 5.41) is 22.7. The summed E-state index contributed by atoms with van der Waals surface area (Å²) in [6.07, 6.45) is -0.163. The number of piperidine rings is 2. The van der Waals surface area contributed by atoms with Crippen LogP contribution in [0.4, 0.5) is 0 Å². The summed E-state index contributed by atoms with van der Waals surface area (Å²) >= 11 is 0. The lowest BCUT2D eigenvalue weighted by molar-refractivity contribution is -0.350. The number of aliphatic hydroxyl groups excluding tert-OH is 2. The van der Waals surface area contributed by atoms with Gasteiger partial charge in [-0.15, -0.1) is 0 Å². The second-order valence-corrected chi connectivity index (χ2v) is 10.2. The molecule has 3 fully saturated rings. The van der Waals surface area contributed by atoms with Gasteiger partial charge in [-0.05, 0) is 36.1 Å². The Kier molecular flexibility index (Phi) is 5.75. The van der Waals surface area contributed by atoms with Crippen molar-refractivity contribution in [3.05, 3.63) is 65.7 Å². The maximum Gasteiger partial charge on any atom is 0.407 e. The molecule has 0 amide bonds. The molecule has 0 saturated carbocycles. The van der Waals surface area contributed by atoms with Crippen molar-refractivity contribution in [2.24, 2.45) is 0 Å². The van der Waals surface area contributed by atoms with Gasteiger partial charge >= 0.3 is 10.4 Å². The molecule has 0 radical (unpaired) electrons. The number of hydrogen-bond acceptors (Lipinski definition) is 8. The molecule has 5 atom stereocenters. The van der Waals surface area contributed by atoms with E-state index in [0.717, 1.165) is 17.5 Å². The fraction of sp³-hybridized carbons (Fsp3) is 0.500. The Hall–Kier alpha value is -2.01. The summed E-state index contributed by atoms with van der Waals surface area (Å²) in [5.41, 5.74) is 0.850. The first-order chi connectivity index (χ1) is 15.8. The molecule has 3 saturated heterocycles. The van der Waals surface area contributed by atoms with Crippen LogP contribution in [0.5, 0.6) is 5.75 Å². The van der Waals surface area contributed by atoms with E-state index in [2.05, 4.69) is 0 Å². The normalized spacial score (nSPS) is 33.9. The van der Waals surface area contributed by atoms with Gasteiger partial charge in [0.1, 0.15) is 12.4 Å². The Labute approximate surface area is 194 Å². The Morgan fingerprint density at radius 1 is 1.06 bits per heavy atom. The van der Waals surface area contributed by atoms with Gasteiger partial charge in [-0.1, -0.05) is 55.8 Å². The maximum atomic E-state index is 11.7. The molecule has 2 aromatic rings. The molecule has 3 heterocycles. The zero-order valence-corrected chi connectivity index (χ0v) is 19.3. The predicted octanol–water partition coefficient (Wildman–Crippen LogP) is 2.45. The van der Waals surface area contributed by atoms with Gasteiger partial charge in [0, 0.05) is 19.0 Å². The second kappa shape index (κ2) is 8.33. The van der Waals surface area contributed by atoms with Gasteiger partial charge in [-0.3, -0.25) is 0 Å².